The summed E-state index contributed by atoms with van der Waals surface area (Å²) in [4.78, 5) is 71.8. The van der Waals surface area contributed by atoms with Gasteiger partial charge >= 0.3 is 23.9 Å². The fraction of sp³-hybridized carbons (Fsp3) is 0.586. The summed E-state index contributed by atoms with van der Waals surface area (Å²) >= 11 is 0. The molecule has 3 atom stereocenters. The molecule has 2 rings (SSSR count). The van der Waals surface area contributed by atoms with E-state index in [9.17, 15) is 38.3 Å². The predicted molar refractivity (Wildman–Crippen MR) is 155 cm³/mol. The zero-order valence-electron chi connectivity index (χ0n) is 24.4. The SMILES string of the molecule is NCC1CCC(C(=O)N[C@@H](Cc2cccc(F)c2)C(=O)NCCCC[C@H](NC(=O)N[C@@H](CCC(=O)O)C(=O)O)C(=O)O)CC1. The normalized spacial score (nSPS) is 18.2. The number of aliphatic carboxylic acids is 3. The zero-order chi connectivity index (χ0) is 32.6. The summed E-state index contributed by atoms with van der Waals surface area (Å²) in [5.41, 5.74) is 6.27. The van der Waals surface area contributed by atoms with Crippen molar-refractivity contribution in [2.24, 2.45) is 17.6 Å². The molecule has 1 aromatic rings. The van der Waals surface area contributed by atoms with E-state index in [4.69, 9.17) is 15.9 Å². The summed E-state index contributed by atoms with van der Waals surface area (Å²) in [6.45, 7) is 0.694. The number of urea groups is 1. The molecule has 0 saturated heterocycles. The van der Waals surface area contributed by atoms with Gasteiger partial charge in [0, 0.05) is 25.3 Å². The van der Waals surface area contributed by atoms with Crippen molar-refractivity contribution in [2.75, 3.05) is 13.1 Å². The number of carboxylic acids is 3. The molecular weight excluding hydrogens is 581 g/mol. The molecule has 0 unspecified atom stereocenters. The van der Waals surface area contributed by atoms with Crippen molar-refractivity contribution in [1.82, 2.24) is 21.3 Å². The molecule has 1 aromatic carbocycles. The molecule has 0 heterocycles. The summed E-state index contributed by atoms with van der Waals surface area (Å²) in [7, 11) is 0. The number of rotatable bonds is 18. The van der Waals surface area contributed by atoms with E-state index < -0.39 is 60.2 Å². The number of carbonyl (C=O) groups is 6. The standard InChI is InChI=1S/C29H42FN5O9/c30-20-5-3-4-18(14-20)15-23(33-25(38)19-9-7-17(16-31)8-10-19)26(39)32-13-2-1-6-21(27(40)41)34-29(44)35-22(28(42)43)11-12-24(36)37/h3-5,14,17,19,21-23H,1-2,6-13,15-16,31H2,(H,32,39)(H,33,38)(H,36,37)(H,40,41)(H,42,43)(H2,34,35,44)/t17?,19?,21-,22-,23-/m0/s1. The second-order valence-electron chi connectivity index (χ2n) is 11.0. The number of carbonyl (C=O) groups excluding carboxylic acids is 3. The fourth-order valence-electron chi connectivity index (χ4n) is 5.01. The molecule has 1 saturated carbocycles. The highest BCUT2D eigenvalue weighted by Crippen LogP contribution is 2.28. The van der Waals surface area contributed by atoms with Crippen molar-refractivity contribution in [2.45, 2.75) is 82.3 Å². The van der Waals surface area contributed by atoms with E-state index in [0.717, 1.165) is 12.8 Å². The number of hydrogen-bond acceptors (Lipinski definition) is 7. The quantitative estimate of drug-likeness (QED) is 0.108. The van der Waals surface area contributed by atoms with E-state index in [0.29, 0.717) is 37.3 Å². The number of benzene rings is 1. The highest BCUT2D eigenvalue weighted by atomic mass is 19.1. The van der Waals surface area contributed by atoms with Crippen LogP contribution < -0.4 is 27.0 Å². The smallest absolute Gasteiger partial charge is 0.326 e. The van der Waals surface area contributed by atoms with Gasteiger partial charge in [0.15, 0.2) is 0 Å². The second-order valence-corrected chi connectivity index (χ2v) is 11.0. The van der Waals surface area contributed by atoms with Gasteiger partial charge in [0.1, 0.15) is 23.9 Å². The third-order valence-corrected chi connectivity index (χ3v) is 7.59. The lowest BCUT2D eigenvalue weighted by atomic mass is 9.81. The van der Waals surface area contributed by atoms with Gasteiger partial charge in [0.05, 0.1) is 0 Å². The summed E-state index contributed by atoms with van der Waals surface area (Å²) in [6, 6.07) is 0.820. The molecule has 1 aliphatic rings. The molecule has 1 fully saturated rings. The third-order valence-electron chi connectivity index (χ3n) is 7.59. The summed E-state index contributed by atoms with van der Waals surface area (Å²) in [5, 5.41) is 37.1. The summed E-state index contributed by atoms with van der Waals surface area (Å²) in [5.74, 6) is -5.15. The van der Waals surface area contributed by atoms with Crippen LogP contribution in [0.5, 0.6) is 0 Å². The maximum Gasteiger partial charge on any atom is 0.326 e. The Morgan fingerprint density at radius 2 is 1.50 bits per heavy atom. The molecule has 0 radical (unpaired) electrons. The maximum absolute atomic E-state index is 13.8. The molecule has 244 valence electrons. The summed E-state index contributed by atoms with van der Waals surface area (Å²) in [6.07, 6.45) is 2.69. The molecule has 1 aliphatic carbocycles. The monoisotopic (exact) mass is 623 g/mol. The topological polar surface area (TPSA) is 237 Å². The molecular formula is C29H42FN5O9. The Morgan fingerprint density at radius 1 is 0.864 bits per heavy atom. The summed E-state index contributed by atoms with van der Waals surface area (Å²) < 4.78 is 13.8. The number of hydrogen-bond donors (Lipinski definition) is 8. The number of halogens is 1. The number of unbranched alkanes of at least 4 members (excludes halogenated alkanes) is 1. The Labute approximate surface area is 254 Å². The lowest BCUT2D eigenvalue weighted by Crippen LogP contribution is -2.51. The fourth-order valence-corrected chi connectivity index (χ4v) is 5.01. The third kappa shape index (κ3) is 12.9. The van der Waals surface area contributed by atoms with Gasteiger partial charge in [-0.2, -0.15) is 0 Å². The van der Waals surface area contributed by atoms with Gasteiger partial charge in [-0.1, -0.05) is 12.1 Å². The second kappa shape index (κ2) is 18.4. The largest absolute Gasteiger partial charge is 0.481 e. The van der Waals surface area contributed by atoms with Crippen LogP contribution in [0.2, 0.25) is 0 Å². The van der Waals surface area contributed by atoms with Crippen LogP contribution in [0.3, 0.4) is 0 Å². The number of nitrogens with one attached hydrogen (secondary N) is 4. The Hall–Kier alpha value is -4.27. The van der Waals surface area contributed by atoms with E-state index in [-0.39, 0.29) is 44.1 Å². The number of nitrogens with two attached hydrogens (primary N) is 1. The molecule has 0 bridgehead atoms. The van der Waals surface area contributed by atoms with Crippen molar-refractivity contribution >= 4 is 35.8 Å². The van der Waals surface area contributed by atoms with Crippen LogP contribution in [0.25, 0.3) is 0 Å². The molecule has 0 aliphatic heterocycles. The van der Waals surface area contributed by atoms with Crippen LogP contribution in [0, 0.1) is 17.7 Å². The van der Waals surface area contributed by atoms with Crippen LogP contribution in [-0.2, 0) is 30.4 Å². The lowest BCUT2D eigenvalue weighted by molar-refractivity contribution is -0.141. The first-order valence-electron chi connectivity index (χ1n) is 14.7. The van der Waals surface area contributed by atoms with E-state index in [1.54, 1.807) is 6.07 Å². The van der Waals surface area contributed by atoms with Crippen LogP contribution in [-0.4, -0.2) is 82.3 Å². The molecule has 0 aromatic heterocycles. The highest BCUT2D eigenvalue weighted by Gasteiger charge is 2.29. The van der Waals surface area contributed by atoms with Crippen molar-refractivity contribution in [3.05, 3.63) is 35.6 Å². The van der Waals surface area contributed by atoms with E-state index in [1.165, 1.54) is 18.2 Å². The van der Waals surface area contributed by atoms with Crippen molar-refractivity contribution in [3.8, 4) is 0 Å². The first-order valence-corrected chi connectivity index (χ1v) is 14.7. The highest BCUT2D eigenvalue weighted by molar-refractivity contribution is 5.89. The molecule has 14 nitrogen and oxygen atoms in total. The van der Waals surface area contributed by atoms with Crippen LogP contribution in [0.1, 0.15) is 63.4 Å². The minimum absolute atomic E-state index is 0.0413. The maximum atomic E-state index is 13.8. The molecule has 44 heavy (non-hydrogen) atoms. The Morgan fingerprint density at radius 3 is 2.07 bits per heavy atom. The first-order chi connectivity index (χ1) is 20.9. The van der Waals surface area contributed by atoms with Crippen molar-refractivity contribution in [1.29, 1.82) is 0 Å². The van der Waals surface area contributed by atoms with E-state index >= 15 is 0 Å². The molecule has 9 N–H and O–H groups in total. The van der Waals surface area contributed by atoms with Crippen LogP contribution in [0.4, 0.5) is 9.18 Å². The van der Waals surface area contributed by atoms with E-state index in [2.05, 4.69) is 21.3 Å². The molecule has 15 heteroatoms. The molecule has 0 spiro atoms. The Balaban J connectivity index is 1.88. The first kappa shape index (κ1) is 35.9. The average Bonchev–Trinajstić information content (AvgIpc) is 2.97. The minimum Gasteiger partial charge on any atom is -0.481 e. The van der Waals surface area contributed by atoms with Gasteiger partial charge in [-0.25, -0.2) is 18.8 Å². The number of carboxylic acid groups (broad SMARTS) is 3. The van der Waals surface area contributed by atoms with Crippen molar-refractivity contribution < 1.29 is 48.5 Å². The van der Waals surface area contributed by atoms with Crippen LogP contribution >= 0.6 is 0 Å². The predicted octanol–water partition coefficient (Wildman–Crippen LogP) is 0.975. The van der Waals surface area contributed by atoms with Gasteiger partial charge in [-0.05, 0) is 81.5 Å². The molecule has 4 amide bonds. The zero-order valence-corrected chi connectivity index (χ0v) is 24.4. The van der Waals surface area contributed by atoms with Gasteiger partial charge in [0.25, 0.3) is 0 Å². The Bertz CT molecular complexity index is 1160. The van der Waals surface area contributed by atoms with Gasteiger partial charge in [-0.3, -0.25) is 14.4 Å². The van der Waals surface area contributed by atoms with Gasteiger partial charge in [-0.15, -0.1) is 0 Å². The van der Waals surface area contributed by atoms with E-state index in [1.807, 2.05) is 0 Å². The average molecular weight is 624 g/mol. The number of amides is 4. The minimum atomic E-state index is -1.52. The van der Waals surface area contributed by atoms with Crippen molar-refractivity contribution in [3.63, 3.8) is 0 Å². The lowest BCUT2D eigenvalue weighted by Gasteiger charge is -2.28. The van der Waals surface area contributed by atoms with Crippen LogP contribution in [0.15, 0.2) is 24.3 Å². The Kier molecular flexibility index (Phi) is 15.0. The van der Waals surface area contributed by atoms with Gasteiger partial charge in [0.2, 0.25) is 11.8 Å². The van der Waals surface area contributed by atoms with Gasteiger partial charge < -0.3 is 42.3 Å².